The van der Waals surface area contributed by atoms with E-state index in [4.69, 9.17) is 0 Å². The quantitative estimate of drug-likeness (QED) is 0.633. The standard InChI is InChI=1S/C15H16/c1-12-7-3-5-9-14(12)11-15-10-6-4-8-13(15)2/h3-12H,1-2H3/b14-11+. The highest BCUT2D eigenvalue weighted by molar-refractivity contribution is 5.60. The molecule has 0 aromatic heterocycles. The van der Waals surface area contributed by atoms with Gasteiger partial charge in [-0.05, 0) is 29.5 Å². The number of hydrogen-bond acceptors (Lipinski definition) is 0. The first kappa shape index (κ1) is 9.97. The van der Waals surface area contributed by atoms with Crippen LogP contribution in [0.1, 0.15) is 18.1 Å². The van der Waals surface area contributed by atoms with Gasteiger partial charge in [0.25, 0.3) is 0 Å². The first-order valence-corrected chi connectivity index (χ1v) is 5.39. The number of hydrogen-bond donors (Lipinski definition) is 0. The van der Waals surface area contributed by atoms with Crippen molar-refractivity contribution >= 4 is 6.08 Å². The molecule has 1 unspecified atom stereocenters. The van der Waals surface area contributed by atoms with E-state index in [0.29, 0.717) is 5.92 Å². The van der Waals surface area contributed by atoms with Gasteiger partial charge in [0.1, 0.15) is 0 Å². The molecule has 1 aromatic carbocycles. The minimum atomic E-state index is 0.523. The molecule has 1 aliphatic carbocycles. The summed E-state index contributed by atoms with van der Waals surface area (Å²) in [5.74, 6) is 0.523. The van der Waals surface area contributed by atoms with Crippen LogP contribution < -0.4 is 0 Å². The molecule has 1 aliphatic rings. The molecule has 0 saturated carbocycles. The van der Waals surface area contributed by atoms with Crippen LogP contribution in [0.4, 0.5) is 0 Å². The molecular weight excluding hydrogens is 180 g/mol. The van der Waals surface area contributed by atoms with E-state index in [1.807, 2.05) is 0 Å². The highest BCUT2D eigenvalue weighted by atomic mass is 14.1. The van der Waals surface area contributed by atoms with Crippen LogP contribution in [0.2, 0.25) is 0 Å². The molecule has 1 atom stereocenters. The normalized spacial score (nSPS) is 22.3. The summed E-state index contributed by atoms with van der Waals surface area (Å²) in [6.07, 6.45) is 10.9. The van der Waals surface area contributed by atoms with Crippen molar-refractivity contribution in [3.05, 3.63) is 65.3 Å². The van der Waals surface area contributed by atoms with Crippen LogP contribution >= 0.6 is 0 Å². The number of benzene rings is 1. The molecule has 2 rings (SSSR count). The van der Waals surface area contributed by atoms with E-state index in [9.17, 15) is 0 Å². The summed E-state index contributed by atoms with van der Waals surface area (Å²) < 4.78 is 0. The molecule has 76 valence electrons. The van der Waals surface area contributed by atoms with E-state index in [1.165, 1.54) is 16.7 Å². The maximum Gasteiger partial charge on any atom is -0.000710 e. The van der Waals surface area contributed by atoms with E-state index >= 15 is 0 Å². The summed E-state index contributed by atoms with van der Waals surface area (Å²) in [5.41, 5.74) is 4.03. The van der Waals surface area contributed by atoms with Gasteiger partial charge in [0.2, 0.25) is 0 Å². The lowest BCUT2D eigenvalue weighted by atomic mass is 9.93. The van der Waals surface area contributed by atoms with Gasteiger partial charge >= 0.3 is 0 Å². The molecule has 0 saturated heterocycles. The van der Waals surface area contributed by atoms with E-state index in [-0.39, 0.29) is 0 Å². The number of aryl methyl sites for hydroxylation is 1. The highest BCUT2D eigenvalue weighted by Gasteiger charge is 2.05. The number of rotatable bonds is 1. The van der Waals surface area contributed by atoms with Crippen molar-refractivity contribution in [3.63, 3.8) is 0 Å². The van der Waals surface area contributed by atoms with Gasteiger partial charge in [-0.15, -0.1) is 0 Å². The largest absolute Gasteiger partial charge is 0.0773 e. The van der Waals surface area contributed by atoms with Crippen LogP contribution in [0.5, 0.6) is 0 Å². The summed E-state index contributed by atoms with van der Waals surface area (Å²) in [6, 6.07) is 8.49. The monoisotopic (exact) mass is 196 g/mol. The molecule has 1 aromatic rings. The minimum Gasteiger partial charge on any atom is -0.0773 e. The Bertz CT molecular complexity index is 433. The molecule has 0 amide bonds. The van der Waals surface area contributed by atoms with Gasteiger partial charge in [0.15, 0.2) is 0 Å². The van der Waals surface area contributed by atoms with Gasteiger partial charge in [-0.1, -0.05) is 61.6 Å². The predicted octanol–water partition coefficient (Wildman–Crippen LogP) is 4.14. The zero-order valence-electron chi connectivity index (χ0n) is 9.27. The Labute approximate surface area is 91.6 Å². The van der Waals surface area contributed by atoms with Crippen LogP contribution in [-0.2, 0) is 0 Å². The van der Waals surface area contributed by atoms with Crippen molar-refractivity contribution in [3.8, 4) is 0 Å². The topological polar surface area (TPSA) is 0 Å². The van der Waals surface area contributed by atoms with Crippen molar-refractivity contribution in [2.24, 2.45) is 5.92 Å². The lowest BCUT2D eigenvalue weighted by Gasteiger charge is -2.12. The molecule has 0 heterocycles. The molecule has 0 radical (unpaired) electrons. The van der Waals surface area contributed by atoms with Crippen molar-refractivity contribution in [2.45, 2.75) is 13.8 Å². The lowest BCUT2D eigenvalue weighted by molar-refractivity contribution is 0.891. The van der Waals surface area contributed by atoms with Crippen molar-refractivity contribution in [1.82, 2.24) is 0 Å². The Hall–Kier alpha value is -1.56. The summed E-state index contributed by atoms with van der Waals surface area (Å²) in [6.45, 7) is 4.38. The first-order chi connectivity index (χ1) is 7.27. The van der Waals surface area contributed by atoms with Gasteiger partial charge in [0, 0.05) is 0 Å². The summed E-state index contributed by atoms with van der Waals surface area (Å²) >= 11 is 0. The highest BCUT2D eigenvalue weighted by Crippen LogP contribution is 2.22. The third kappa shape index (κ3) is 2.27. The zero-order chi connectivity index (χ0) is 10.7. The van der Waals surface area contributed by atoms with Crippen LogP contribution in [0.15, 0.2) is 54.1 Å². The Balaban J connectivity index is 2.34. The fourth-order valence-electron chi connectivity index (χ4n) is 1.77. The molecule has 0 fully saturated rings. The fourth-order valence-corrected chi connectivity index (χ4v) is 1.77. The second kappa shape index (κ2) is 4.31. The van der Waals surface area contributed by atoms with Crippen LogP contribution in [0, 0.1) is 12.8 Å². The van der Waals surface area contributed by atoms with Gasteiger partial charge in [-0.25, -0.2) is 0 Å². The molecule has 0 spiro atoms. The fraction of sp³-hybridized carbons (Fsp3) is 0.200. The van der Waals surface area contributed by atoms with Gasteiger partial charge in [-0.3, -0.25) is 0 Å². The van der Waals surface area contributed by atoms with Gasteiger partial charge in [0.05, 0.1) is 0 Å². The minimum absolute atomic E-state index is 0.523. The summed E-state index contributed by atoms with van der Waals surface area (Å²) in [4.78, 5) is 0. The maximum atomic E-state index is 2.28. The Kier molecular flexibility index (Phi) is 2.86. The molecule has 0 N–H and O–H groups in total. The van der Waals surface area contributed by atoms with Gasteiger partial charge < -0.3 is 0 Å². The predicted molar refractivity (Wildman–Crippen MR) is 66.6 cm³/mol. The second-order valence-electron chi connectivity index (χ2n) is 4.03. The average Bonchev–Trinajstić information content (AvgIpc) is 2.24. The number of allylic oxidation sites excluding steroid dienone is 5. The molecule has 15 heavy (non-hydrogen) atoms. The van der Waals surface area contributed by atoms with E-state index in [0.717, 1.165) is 0 Å². The zero-order valence-corrected chi connectivity index (χ0v) is 9.27. The Morgan fingerprint density at radius 3 is 2.67 bits per heavy atom. The maximum absolute atomic E-state index is 2.28. The Morgan fingerprint density at radius 2 is 1.93 bits per heavy atom. The first-order valence-electron chi connectivity index (χ1n) is 5.39. The van der Waals surface area contributed by atoms with Crippen molar-refractivity contribution in [1.29, 1.82) is 0 Å². The second-order valence-corrected chi connectivity index (χ2v) is 4.03. The van der Waals surface area contributed by atoms with Crippen LogP contribution in [0.3, 0.4) is 0 Å². The molecule has 0 aliphatic heterocycles. The van der Waals surface area contributed by atoms with Crippen LogP contribution in [0.25, 0.3) is 6.08 Å². The lowest BCUT2D eigenvalue weighted by Crippen LogP contribution is -1.96. The molecule has 0 heteroatoms. The Morgan fingerprint density at radius 1 is 1.13 bits per heavy atom. The van der Waals surface area contributed by atoms with Crippen molar-refractivity contribution < 1.29 is 0 Å². The van der Waals surface area contributed by atoms with Crippen LogP contribution in [-0.4, -0.2) is 0 Å². The summed E-state index contributed by atoms with van der Waals surface area (Å²) in [5, 5.41) is 0. The van der Waals surface area contributed by atoms with E-state index in [1.54, 1.807) is 0 Å². The molecular formula is C15H16. The third-order valence-electron chi connectivity index (χ3n) is 2.84. The van der Waals surface area contributed by atoms with E-state index in [2.05, 4.69) is 68.5 Å². The average molecular weight is 196 g/mol. The third-order valence-corrected chi connectivity index (χ3v) is 2.84. The van der Waals surface area contributed by atoms with Gasteiger partial charge in [-0.2, -0.15) is 0 Å². The van der Waals surface area contributed by atoms with E-state index < -0.39 is 0 Å². The smallest absolute Gasteiger partial charge is 0.000710 e. The molecule has 0 nitrogen and oxygen atoms in total. The molecule has 0 bridgehead atoms. The summed E-state index contributed by atoms with van der Waals surface area (Å²) in [7, 11) is 0. The SMILES string of the molecule is Cc1ccccc1/C=C1\C=CC=CC1C. The van der Waals surface area contributed by atoms with Crippen molar-refractivity contribution in [2.75, 3.05) is 0 Å².